The number of aliphatic imine (C=N–C) groups is 1. The van der Waals surface area contributed by atoms with Gasteiger partial charge in [-0.2, -0.15) is 0 Å². The van der Waals surface area contributed by atoms with Crippen LogP contribution in [0.15, 0.2) is 28.4 Å². The number of carbonyl (C=O) groups excluding carboxylic acids is 2. The van der Waals surface area contributed by atoms with Gasteiger partial charge in [0, 0.05) is 47.0 Å². The van der Waals surface area contributed by atoms with Crippen molar-refractivity contribution in [2.75, 3.05) is 20.0 Å². The lowest BCUT2D eigenvalue weighted by Crippen LogP contribution is -2.38. The summed E-state index contributed by atoms with van der Waals surface area (Å²) in [6, 6.07) is 3.46. The number of carbonyl (C=O) groups is 2. The van der Waals surface area contributed by atoms with E-state index in [2.05, 4.69) is 4.99 Å². The molecule has 164 valence electrons. The van der Waals surface area contributed by atoms with Crippen molar-refractivity contribution in [2.45, 2.75) is 51.0 Å². The molecule has 0 radical (unpaired) electrons. The predicted octanol–water partition coefficient (Wildman–Crippen LogP) is 3.97. The zero-order valence-electron chi connectivity index (χ0n) is 17.3. The average Bonchev–Trinajstić information content (AvgIpc) is 3.42. The Morgan fingerprint density at radius 3 is 2.81 bits per heavy atom. The van der Waals surface area contributed by atoms with Crippen molar-refractivity contribution in [3.05, 3.63) is 34.0 Å². The molecule has 3 atom stereocenters. The summed E-state index contributed by atoms with van der Waals surface area (Å²) in [6.07, 6.45) is 3.65. The lowest BCUT2D eigenvalue weighted by Gasteiger charge is -2.35. The third kappa shape index (κ3) is 3.74. The Morgan fingerprint density at radius 1 is 1.23 bits per heavy atom. The van der Waals surface area contributed by atoms with E-state index in [1.54, 1.807) is 12.1 Å². The fourth-order valence-electron chi connectivity index (χ4n) is 4.86. The summed E-state index contributed by atoms with van der Waals surface area (Å²) in [7, 11) is 0. The summed E-state index contributed by atoms with van der Waals surface area (Å²) in [6.45, 7) is 2.81. The minimum absolute atomic E-state index is 0.00756. The zero-order chi connectivity index (χ0) is 21.5. The molecule has 3 aliphatic heterocycles. The molecular weight excluding hydrogens is 422 g/mol. The molecule has 4 aliphatic rings. The molecule has 1 aliphatic carbocycles. The van der Waals surface area contributed by atoms with E-state index < -0.39 is 17.8 Å². The van der Waals surface area contributed by atoms with Crippen molar-refractivity contribution in [3.63, 3.8) is 0 Å². The molecule has 1 saturated heterocycles. The van der Waals surface area contributed by atoms with Crippen molar-refractivity contribution in [1.29, 1.82) is 0 Å². The quantitative estimate of drug-likeness (QED) is 0.652. The number of benzene rings is 1. The number of hydrogen-bond donors (Lipinski definition) is 0. The van der Waals surface area contributed by atoms with E-state index in [4.69, 9.17) is 30.5 Å². The number of nitrogens with zero attached hydrogens (tertiary/aromatic N) is 1. The molecule has 3 heterocycles. The molecule has 8 heteroatoms. The number of ketones is 1. The molecule has 5 rings (SSSR count). The number of allylic oxidation sites excluding steroid dienone is 2. The Hall–Kier alpha value is -2.38. The number of ether oxygens (including phenoxy) is 4. The number of rotatable bonds is 4. The number of halogens is 1. The fraction of sp³-hybridized carbons (Fsp3) is 0.522. The standard InChI is InChI=1S/C23H24ClNO6/c1-12-20(23(27)29-10-13-4-3-7-28-13)21(22-16(25-12)5-2-6-17(22)26)14-8-18-19(9-15(14)24)31-11-30-18/h8-9,13,20-21H,2-7,10-11H2,1H3/t13-,20?,21+/m0/s1. The first kappa shape index (κ1) is 20.5. The van der Waals surface area contributed by atoms with Gasteiger partial charge in [-0.25, -0.2) is 0 Å². The number of Topliss-reactive ketones (excluding diaryl/α,β-unsaturated/α-hetero) is 1. The van der Waals surface area contributed by atoms with Crippen molar-refractivity contribution in [2.24, 2.45) is 10.9 Å². The molecule has 0 aromatic heterocycles. The Balaban J connectivity index is 1.54. The van der Waals surface area contributed by atoms with Crippen LogP contribution in [0.1, 0.15) is 50.5 Å². The number of hydrogen-bond acceptors (Lipinski definition) is 7. The van der Waals surface area contributed by atoms with Gasteiger partial charge in [0.05, 0.1) is 6.10 Å². The van der Waals surface area contributed by atoms with Gasteiger partial charge in [-0.3, -0.25) is 14.6 Å². The number of esters is 1. The fourth-order valence-corrected chi connectivity index (χ4v) is 5.13. The molecular formula is C23H24ClNO6. The molecule has 1 unspecified atom stereocenters. The molecule has 0 bridgehead atoms. The highest BCUT2D eigenvalue weighted by atomic mass is 35.5. The summed E-state index contributed by atoms with van der Waals surface area (Å²) in [5.41, 5.74) is 2.60. The summed E-state index contributed by atoms with van der Waals surface area (Å²) in [5, 5.41) is 0.422. The molecule has 0 spiro atoms. The van der Waals surface area contributed by atoms with Crippen LogP contribution in [-0.2, 0) is 19.1 Å². The van der Waals surface area contributed by atoms with Gasteiger partial charge in [0.15, 0.2) is 17.3 Å². The van der Waals surface area contributed by atoms with Crippen LogP contribution in [0.4, 0.5) is 0 Å². The second-order valence-corrected chi connectivity index (χ2v) is 8.74. The Morgan fingerprint density at radius 2 is 2.03 bits per heavy atom. The van der Waals surface area contributed by atoms with Gasteiger partial charge in [0.25, 0.3) is 0 Å². The van der Waals surface area contributed by atoms with Crippen LogP contribution < -0.4 is 9.47 Å². The molecule has 1 aromatic rings. The maximum atomic E-state index is 13.3. The topological polar surface area (TPSA) is 83.4 Å². The van der Waals surface area contributed by atoms with Crippen LogP contribution >= 0.6 is 11.6 Å². The molecule has 1 aromatic carbocycles. The summed E-state index contributed by atoms with van der Waals surface area (Å²) in [4.78, 5) is 30.9. The van der Waals surface area contributed by atoms with Gasteiger partial charge in [0.1, 0.15) is 12.5 Å². The van der Waals surface area contributed by atoms with Gasteiger partial charge < -0.3 is 18.9 Å². The second-order valence-electron chi connectivity index (χ2n) is 8.34. The number of fused-ring (bicyclic) bond motifs is 1. The van der Waals surface area contributed by atoms with Crippen LogP contribution in [0, 0.1) is 5.92 Å². The lowest BCUT2D eigenvalue weighted by molar-refractivity contribution is -0.149. The first-order chi connectivity index (χ1) is 15.0. The molecule has 0 saturated carbocycles. The maximum Gasteiger partial charge on any atom is 0.315 e. The summed E-state index contributed by atoms with van der Waals surface area (Å²) >= 11 is 6.64. The van der Waals surface area contributed by atoms with Crippen LogP contribution in [0.25, 0.3) is 0 Å². The van der Waals surface area contributed by atoms with Crippen molar-refractivity contribution in [1.82, 2.24) is 0 Å². The maximum absolute atomic E-state index is 13.3. The predicted molar refractivity (Wildman–Crippen MR) is 113 cm³/mol. The van der Waals surface area contributed by atoms with Crippen LogP contribution in [0.5, 0.6) is 11.5 Å². The molecule has 1 fully saturated rings. The van der Waals surface area contributed by atoms with Gasteiger partial charge in [0.2, 0.25) is 6.79 Å². The zero-order valence-corrected chi connectivity index (χ0v) is 18.1. The molecule has 31 heavy (non-hydrogen) atoms. The molecule has 0 amide bonds. The summed E-state index contributed by atoms with van der Waals surface area (Å²) in [5.74, 6) is -0.610. The van der Waals surface area contributed by atoms with E-state index in [1.807, 2.05) is 6.92 Å². The Labute approximate surface area is 185 Å². The third-order valence-corrected chi connectivity index (χ3v) is 6.68. The minimum atomic E-state index is -0.736. The van der Waals surface area contributed by atoms with E-state index in [1.165, 1.54) is 0 Å². The van der Waals surface area contributed by atoms with Gasteiger partial charge in [-0.1, -0.05) is 11.6 Å². The van der Waals surface area contributed by atoms with Crippen LogP contribution in [0.3, 0.4) is 0 Å². The van der Waals surface area contributed by atoms with E-state index >= 15 is 0 Å². The normalized spacial score (nSPS) is 27.2. The third-order valence-electron chi connectivity index (χ3n) is 6.35. The largest absolute Gasteiger partial charge is 0.462 e. The lowest BCUT2D eigenvalue weighted by atomic mass is 9.71. The second kappa shape index (κ2) is 8.28. The SMILES string of the molecule is CC1=NC2=C(C(=O)CCC2)[C@H](c2cc3c(cc2Cl)OCO3)C1C(=O)OC[C@@H]1CCCO1. The Kier molecular flexibility index (Phi) is 5.48. The highest BCUT2D eigenvalue weighted by molar-refractivity contribution is 6.32. The van der Waals surface area contributed by atoms with Crippen LogP contribution in [-0.4, -0.2) is 43.6 Å². The minimum Gasteiger partial charge on any atom is -0.462 e. The average molecular weight is 446 g/mol. The smallest absolute Gasteiger partial charge is 0.315 e. The highest BCUT2D eigenvalue weighted by Crippen LogP contribution is 2.48. The summed E-state index contributed by atoms with van der Waals surface area (Å²) < 4.78 is 22.2. The van der Waals surface area contributed by atoms with Crippen molar-refractivity contribution in [3.8, 4) is 11.5 Å². The van der Waals surface area contributed by atoms with Crippen molar-refractivity contribution < 1.29 is 28.5 Å². The molecule has 7 nitrogen and oxygen atoms in total. The van der Waals surface area contributed by atoms with E-state index in [0.29, 0.717) is 52.8 Å². The van der Waals surface area contributed by atoms with Gasteiger partial charge >= 0.3 is 5.97 Å². The van der Waals surface area contributed by atoms with E-state index in [9.17, 15) is 9.59 Å². The van der Waals surface area contributed by atoms with Gasteiger partial charge in [-0.15, -0.1) is 0 Å². The van der Waals surface area contributed by atoms with Crippen molar-refractivity contribution >= 4 is 29.1 Å². The monoisotopic (exact) mass is 445 g/mol. The van der Waals surface area contributed by atoms with Gasteiger partial charge in [-0.05, 0) is 44.2 Å². The first-order valence-corrected chi connectivity index (χ1v) is 11.1. The van der Waals surface area contributed by atoms with E-state index in [0.717, 1.165) is 25.0 Å². The first-order valence-electron chi connectivity index (χ1n) is 10.7. The van der Waals surface area contributed by atoms with E-state index in [-0.39, 0.29) is 25.3 Å². The Bertz CT molecular complexity index is 994. The molecule has 0 N–H and O–H groups in total. The van der Waals surface area contributed by atoms with Crippen LogP contribution in [0.2, 0.25) is 5.02 Å². The highest BCUT2D eigenvalue weighted by Gasteiger charge is 2.44.